The number of pyridine rings is 1. The summed E-state index contributed by atoms with van der Waals surface area (Å²) >= 11 is 0. The van der Waals surface area contributed by atoms with Crippen LogP contribution < -0.4 is 24.8 Å². The number of nitrogens with one attached hydrogen (secondary N) is 3. The van der Waals surface area contributed by atoms with Crippen molar-refractivity contribution in [3.8, 4) is 11.6 Å². The van der Waals surface area contributed by atoms with Crippen LogP contribution in [0.25, 0.3) is 10.8 Å². The molecule has 0 bridgehead atoms. The highest BCUT2D eigenvalue weighted by Crippen LogP contribution is 2.48. The summed E-state index contributed by atoms with van der Waals surface area (Å²) in [5.41, 5.74) is -4.59. The van der Waals surface area contributed by atoms with E-state index in [1.54, 1.807) is 26.0 Å². The topological polar surface area (TPSA) is 182 Å². The average molecular weight is 854 g/mol. The summed E-state index contributed by atoms with van der Waals surface area (Å²) in [6.45, 7) is 8.05. The predicted octanol–water partition coefficient (Wildman–Crippen LogP) is 5.44. The molecule has 2 aliphatic heterocycles. The average Bonchev–Trinajstić information content (AvgIpc) is 4.02. The number of amides is 4. The Morgan fingerprint density at radius 3 is 2.49 bits per heavy atom. The molecule has 0 unspecified atom stereocenters. The second kappa shape index (κ2) is 16.1. The molecule has 0 spiro atoms. The van der Waals surface area contributed by atoms with Crippen molar-refractivity contribution in [2.75, 3.05) is 13.2 Å². The largest absolute Gasteiger partial charge is 0.491 e. The Morgan fingerprint density at radius 2 is 1.83 bits per heavy atom. The van der Waals surface area contributed by atoms with Gasteiger partial charge in [-0.15, -0.1) is 0 Å². The second-order valence-corrected chi connectivity index (χ2v) is 19.2. The van der Waals surface area contributed by atoms with E-state index in [2.05, 4.69) is 20.3 Å². The third-order valence-corrected chi connectivity index (χ3v) is 14.1. The molecule has 4 aliphatic rings. The highest BCUT2D eigenvalue weighted by atomic mass is 32.2. The van der Waals surface area contributed by atoms with E-state index in [-0.39, 0.29) is 48.9 Å². The number of fused-ring (bicyclic) bond motifs is 3. The molecule has 14 nitrogen and oxygen atoms in total. The molecule has 3 fully saturated rings. The first kappa shape index (κ1) is 43.9. The van der Waals surface area contributed by atoms with Gasteiger partial charge in [-0.25, -0.2) is 22.6 Å². The Balaban J connectivity index is 1.36. The molecule has 3 N–H and O–H groups in total. The van der Waals surface area contributed by atoms with Gasteiger partial charge in [-0.1, -0.05) is 26.0 Å². The van der Waals surface area contributed by atoms with E-state index in [0.29, 0.717) is 51.3 Å². The van der Waals surface area contributed by atoms with Crippen molar-refractivity contribution in [1.29, 1.82) is 0 Å². The van der Waals surface area contributed by atoms with E-state index in [1.807, 2.05) is 13.0 Å². The lowest BCUT2D eigenvalue weighted by molar-refractivity contribution is -0.244. The summed E-state index contributed by atoms with van der Waals surface area (Å²) in [4.78, 5) is 61.7. The lowest BCUT2D eigenvalue weighted by Crippen LogP contribution is -2.59. The Hall–Kier alpha value is -4.68. The third-order valence-electron chi connectivity index (χ3n) is 11.9. The van der Waals surface area contributed by atoms with Gasteiger partial charge in [0.1, 0.15) is 23.7 Å². The zero-order valence-corrected chi connectivity index (χ0v) is 34.6. The third kappa shape index (κ3) is 9.09. The molecule has 0 radical (unpaired) electrons. The number of sulfonamides is 1. The van der Waals surface area contributed by atoms with Crippen LogP contribution in [0.3, 0.4) is 0 Å². The molecule has 59 heavy (non-hydrogen) atoms. The van der Waals surface area contributed by atoms with E-state index < -0.39 is 91.7 Å². The van der Waals surface area contributed by atoms with Crippen LogP contribution in [0.2, 0.25) is 0 Å². The summed E-state index contributed by atoms with van der Waals surface area (Å²) in [6, 6.07) is 1.40. The highest BCUT2D eigenvalue weighted by Gasteiger charge is 2.63. The maximum absolute atomic E-state index is 15.1. The Kier molecular flexibility index (Phi) is 11.9. The molecule has 1 aromatic heterocycles. The SMILES string of the molecule is CCOc1cc2ccnc(O[C@@H]3C[C@H]4C(=O)N[C@]5(C(=O)NS(=O)(=O)C6(C)CC6)C[C@H]5/C=C\CC[C@H](C)C[C@@H](C)[C@H](NC(=O)OC(C)(C)C(F)(F)F)C(=O)N4C3)c2cc1F. The van der Waals surface area contributed by atoms with Crippen molar-refractivity contribution in [1.82, 2.24) is 25.2 Å². The summed E-state index contributed by atoms with van der Waals surface area (Å²) in [5, 5.41) is 5.89. The van der Waals surface area contributed by atoms with Crippen LogP contribution in [0.15, 0.2) is 36.5 Å². The van der Waals surface area contributed by atoms with Crippen LogP contribution in [-0.2, 0) is 29.1 Å². The number of hydrogen-bond acceptors (Lipinski definition) is 10. The summed E-state index contributed by atoms with van der Waals surface area (Å²) < 4.78 is 100. The minimum Gasteiger partial charge on any atom is -0.491 e. The first-order chi connectivity index (χ1) is 27.5. The van der Waals surface area contributed by atoms with Crippen molar-refractivity contribution in [3.05, 3.63) is 42.4 Å². The smallest absolute Gasteiger partial charge is 0.427 e. The summed E-state index contributed by atoms with van der Waals surface area (Å²) in [6.07, 6.45) is -0.376. The molecule has 6 rings (SSSR count). The van der Waals surface area contributed by atoms with Crippen LogP contribution >= 0.6 is 0 Å². The number of nitrogens with zero attached hydrogens (tertiary/aromatic N) is 2. The van der Waals surface area contributed by atoms with Crippen LogP contribution in [0, 0.1) is 23.6 Å². The predicted molar refractivity (Wildman–Crippen MR) is 206 cm³/mol. The second-order valence-electron chi connectivity index (χ2n) is 17.0. The molecule has 2 saturated carbocycles. The molecular weight excluding hydrogens is 803 g/mol. The van der Waals surface area contributed by atoms with E-state index in [0.717, 1.165) is 4.90 Å². The van der Waals surface area contributed by atoms with Gasteiger partial charge in [0.2, 0.25) is 33.3 Å². The maximum atomic E-state index is 15.1. The number of alkyl halides is 3. The van der Waals surface area contributed by atoms with E-state index in [4.69, 9.17) is 14.2 Å². The molecule has 324 valence electrons. The normalized spacial score (nSPS) is 29.2. The number of ether oxygens (including phenoxy) is 3. The lowest BCUT2D eigenvalue weighted by Gasteiger charge is -2.34. The van der Waals surface area contributed by atoms with Crippen LogP contribution in [0.5, 0.6) is 11.6 Å². The van der Waals surface area contributed by atoms with Crippen molar-refractivity contribution in [2.45, 2.75) is 127 Å². The van der Waals surface area contributed by atoms with Gasteiger partial charge < -0.3 is 29.7 Å². The van der Waals surface area contributed by atoms with Gasteiger partial charge in [0, 0.05) is 23.9 Å². The molecule has 4 amide bonds. The van der Waals surface area contributed by atoms with E-state index in [1.165, 1.54) is 25.3 Å². The fourth-order valence-corrected chi connectivity index (χ4v) is 9.02. The van der Waals surface area contributed by atoms with Gasteiger partial charge >= 0.3 is 12.3 Å². The molecule has 7 atom stereocenters. The van der Waals surface area contributed by atoms with Gasteiger partial charge in [-0.3, -0.25) is 19.1 Å². The summed E-state index contributed by atoms with van der Waals surface area (Å²) in [7, 11) is -4.10. The minimum atomic E-state index is -4.94. The van der Waals surface area contributed by atoms with E-state index >= 15 is 4.39 Å². The van der Waals surface area contributed by atoms with Crippen LogP contribution in [0.1, 0.15) is 86.5 Å². The molecule has 2 aromatic rings. The quantitative estimate of drug-likeness (QED) is 0.217. The Labute approximate surface area is 340 Å². The fourth-order valence-electron chi connectivity index (χ4n) is 7.71. The zero-order chi connectivity index (χ0) is 43.3. The number of halogens is 4. The van der Waals surface area contributed by atoms with Crippen molar-refractivity contribution in [2.24, 2.45) is 17.8 Å². The van der Waals surface area contributed by atoms with Gasteiger partial charge in [0.05, 0.1) is 17.9 Å². The molecule has 1 saturated heterocycles. The van der Waals surface area contributed by atoms with Crippen molar-refractivity contribution in [3.63, 3.8) is 0 Å². The van der Waals surface area contributed by atoms with Gasteiger partial charge in [-0.2, -0.15) is 13.2 Å². The fraction of sp³-hybridized carbons (Fsp3) is 0.625. The minimum absolute atomic E-state index is 0.00976. The Morgan fingerprint density at radius 1 is 1.12 bits per heavy atom. The van der Waals surface area contributed by atoms with Crippen LogP contribution in [-0.4, -0.2) is 95.5 Å². The molecular formula is C40H51F4N5O9S. The number of aromatic nitrogens is 1. The summed E-state index contributed by atoms with van der Waals surface area (Å²) in [5.74, 6) is -4.62. The van der Waals surface area contributed by atoms with Crippen LogP contribution in [0.4, 0.5) is 22.4 Å². The number of hydrogen-bond donors (Lipinski definition) is 3. The first-order valence-electron chi connectivity index (χ1n) is 19.8. The number of alkyl carbamates (subject to hydrolysis) is 1. The molecule has 3 heterocycles. The molecule has 2 aliphatic carbocycles. The first-order valence-corrected chi connectivity index (χ1v) is 21.3. The molecule has 1 aromatic carbocycles. The number of allylic oxidation sites excluding steroid dienone is 1. The van der Waals surface area contributed by atoms with Crippen molar-refractivity contribution >= 4 is 44.6 Å². The van der Waals surface area contributed by atoms with Gasteiger partial charge in [0.15, 0.2) is 11.6 Å². The number of benzene rings is 1. The lowest BCUT2D eigenvalue weighted by atomic mass is 9.88. The maximum Gasteiger partial charge on any atom is 0.427 e. The molecule has 19 heteroatoms. The number of rotatable bonds is 9. The Bertz CT molecular complexity index is 2130. The monoisotopic (exact) mass is 853 g/mol. The van der Waals surface area contributed by atoms with Crippen molar-refractivity contribution < 1.29 is 59.4 Å². The standard InChI is InChI=1S/C40H51F4N5O9S/c1-7-56-30-17-24-12-15-45-33(27(24)19-28(30)41)57-26-18-29-32(50)47-39(35(52)48-59(54,55)38(6)13-14-38)20-25(39)11-9-8-10-22(2)16-23(3)31(34(51)49(29)21-26)46-36(53)58-37(4,5)40(42,43)44/h9,11-12,15,17,19,22-23,25-26,29,31H,7-8,10,13-14,16,18,20-21H2,1-6H3,(H,46,53)(H,47,50)(H,48,52)/b11-9-/t22-,23+,25+,26+,29-,31-,39+/m0/s1. The highest BCUT2D eigenvalue weighted by molar-refractivity contribution is 7.91. The van der Waals surface area contributed by atoms with E-state index in [9.17, 15) is 40.8 Å². The van der Waals surface area contributed by atoms with Gasteiger partial charge in [0.25, 0.3) is 5.91 Å². The van der Waals surface area contributed by atoms with Gasteiger partial charge in [-0.05, 0) is 102 Å². The number of carbonyl (C=O) groups excluding carboxylic acids is 4. The zero-order valence-electron chi connectivity index (χ0n) is 33.8. The number of carbonyl (C=O) groups is 4.